The molecule has 8 nitrogen and oxygen atoms in total. The Bertz CT molecular complexity index is 1020. The van der Waals surface area contributed by atoms with Crippen LogP contribution >= 0.6 is 11.6 Å². The van der Waals surface area contributed by atoms with Gasteiger partial charge < -0.3 is 5.11 Å². The zero-order valence-electron chi connectivity index (χ0n) is 18.8. The molecule has 0 atom stereocenters. The van der Waals surface area contributed by atoms with Gasteiger partial charge in [-0.1, -0.05) is 25.4 Å². The Labute approximate surface area is 198 Å². The third kappa shape index (κ3) is 6.60. The summed E-state index contributed by atoms with van der Waals surface area (Å²) in [6.45, 7) is 6.44. The van der Waals surface area contributed by atoms with Gasteiger partial charge in [0.15, 0.2) is 5.82 Å². The van der Waals surface area contributed by atoms with Gasteiger partial charge in [0.2, 0.25) is 5.82 Å². The normalized spacial score (nSPS) is 14.8. The molecule has 10 heteroatoms. The highest BCUT2D eigenvalue weighted by Crippen LogP contribution is 2.23. The zero-order chi connectivity index (χ0) is 24.0. The lowest BCUT2D eigenvalue weighted by Crippen LogP contribution is -2.45. The maximum atomic E-state index is 14.5. The molecule has 2 heterocycles. The van der Waals surface area contributed by atoms with Crippen LogP contribution in [-0.4, -0.2) is 52.1 Å². The summed E-state index contributed by atoms with van der Waals surface area (Å²) in [6.07, 6.45) is 3.05. The lowest BCUT2D eigenvalue weighted by Gasteiger charge is -2.31. The van der Waals surface area contributed by atoms with Gasteiger partial charge in [-0.15, -0.1) is 0 Å². The van der Waals surface area contributed by atoms with Crippen LogP contribution < -0.4 is 10.4 Å². The van der Waals surface area contributed by atoms with Crippen LogP contribution in [0, 0.1) is 29.0 Å². The minimum absolute atomic E-state index is 0.0635. The van der Waals surface area contributed by atoms with Gasteiger partial charge in [-0.25, -0.2) is 9.37 Å². The average molecular weight is 475 g/mol. The maximum absolute atomic E-state index is 14.5. The molecule has 1 amide bonds. The maximum Gasteiger partial charge on any atom is 0.269 e. The Balaban J connectivity index is 1.77. The Morgan fingerprint density at radius 1 is 1.42 bits per heavy atom. The second kappa shape index (κ2) is 11.4. The van der Waals surface area contributed by atoms with E-state index in [9.17, 15) is 14.3 Å². The molecule has 0 saturated carbocycles. The van der Waals surface area contributed by atoms with Crippen molar-refractivity contribution in [3.05, 3.63) is 52.2 Å². The van der Waals surface area contributed by atoms with E-state index in [2.05, 4.69) is 20.3 Å². The van der Waals surface area contributed by atoms with E-state index in [0.29, 0.717) is 30.1 Å². The fraction of sp³-hybridized carbons (Fsp3) is 0.478. The second-order valence-electron chi connectivity index (χ2n) is 8.63. The number of rotatable bonds is 8. The second-order valence-corrected chi connectivity index (χ2v) is 9.04. The number of amides is 1. The van der Waals surface area contributed by atoms with E-state index in [1.807, 2.05) is 19.9 Å². The first-order valence-corrected chi connectivity index (χ1v) is 11.3. The number of carbonyl (C=O) groups excluding carboxylic acids is 1. The van der Waals surface area contributed by atoms with Crippen molar-refractivity contribution in [1.82, 2.24) is 20.3 Å². The number of nitrogens with zero attached hydrogens (tertiary/aromatic N) is 5. The van der Waals surface area contributed by atoms with E-state index < -0.39 is 5.91 Å². The van der Waals surface area contributed by atoms with Crippen molar-refractivity contribution >= 4 is 23.3 Å². The number of nitrogens with one attached hydrogen (secondary N) is 1. The summed E-state index contributed by atoms with van der Waals surface area (Å²) < 4.78 is 14.5. The summed E-state index contributed by atoms with van der Waals surface area (Å²) in [7, 11) is 0. The Kier molecular flexibility index (Phi) is 8.55. The molecule has 2 aromatic rings. The molecule has 0 unspecified atom stereocenters. The van der Waals surface area contributed by atoms with Crippen LogP contribution in [0.25, 0.3) is 0 Å². The van der Waals surface area contributed by atoms with Crippen molar-refractivity contribution in [2.24, 2.45) is 11.8 Å². The number of aromatic nitrogens is 2. The third-order valence-corrected chi connectivity index (χ3v) is 5.80. The first-order chi connectivity index (χ1) is 15.8. The average Bonchev–Trinajstić information content (AvgIpc) is 2.80. The molecule has 3 rings (SSSR count). The van der Waals surface area contributed by atoms with Crippen molar-refractivity contribution < 1.29 is 14.3 Å². The van der Waals surface area contributed by atoms with Crippen molar-refractivity contribution in [1.29, 1.82) is 5.26 Å². The molecular formula is C23H28ClFN6O2. The number of piperidine rings is 1. The number of hydrogen-bond acceptors (Lipinski definition) is 7. The number of carbonyl (C=O) groups is 1. The van der Waals surface area contributed by atoms with Crippen molar-refractivity contribution in [3.8, 4) is 6.07 Å². The molecule has 1 fully saturated rings. The van der Waals surface area contributed by atoms with E-state index in [1.54, 1.807) is 6.07 Å². The number of halogens is 2. The van der Waals surface area contributed by atoms with Gasteiger partial charge in [0, 0.05) is 30.8 Å². The minimum atomic E-state index is -0.441. The summed E-state index contributed by atoms with van der Waals surface area (Å²) in [5, 5.41) is 20.1. The molecule has 0 bridgehead atoms. The standard InChI is InChI=1S/C23H28ClFN6O2/c1-15(2)12-31(22-19(24)11-27-21(10-26)28-22)29-23(33)17-3-4-20(25)18(9-17)13-30-7-5-16(14-32)6-8-30/h3-4,9,11,15-16,32H,5-8,12-14H2,1-2H3,(H,29,33). The molecule has 176 valence electrons. The molecule has 1 aliphatic heterocycles. The smallest absolute Gasteiger partial charge is 0.269 e. The largest absolute Gasteiger partial charge is 0.396 e. The van der Waals surface area contributed by atoms with Crippen LogP contribution in [-0.2, 0) is 6.54 Å². The van der Waals surface area contributed by atoms with Gasteiger partial charge in [-0.05, 0) is 56.0 Å². The van der Waals surface area contributed by atoms with E-state index in [1.165, 1.54) is 23.3 Å². The van der Waals surface area contributed by atoms with E-state index in [0.717, 1.165) is 25.9 Å². The van der Waals surface area contributed by atoms with Gasteiger partial charge in [-0.2, -0.15) is 10.2 Å². The summed E-state index contributed by atoms with van der Waals surface area (Å²) >= 11 is 6.24. The lowest BCUT2D eigenvalue weighted by molar-refractivity contribution is 0.0946. The van der Waals surface area contributed by atoms with E-state index in [-0.39, 0.29) is 35.0 Å². The molecule has 0 spiro atoms. The van der Waals surface area contributed by atoms with Gasteiger partial charge in [0.1, 0.15) is 16.9 Å². The fourth-order valence-corrected chi connectivity index (χ4v) is 3.94. The van der Waals surface area contributed by atoms with Crippen molar-refractivity contribution in [3.63, 3.8) is 0 Å². The summed E-state index contributed by atoms with van der Waals surface area (Å²) in [6, 6.07) is 6.15. The number of nitriles is 1. The predicted octanol–water partition coefficient (Wildman–Crippen LogP) is 3.15. The number of anilines is 1. The van der Waals surface area contributed by atoms with Crippen molar-refractivity contribution in [2.45, 2.75) is 33.2 Å². The number of aliphatic hydroxyl groups excluding tert-OH is 1. The first kappa shape index (κ1) is 24.8. The van der Waals surface area contributed by atoms with Crippen molar-refractivity contribution in [2.75, 3.05) is 31.3 Å². The molecule has 2 N–H and O–H groups in total. The fourth-order valence-electron chi connectivity index (χ4n) is 3.74. The molecule has 1 aliphatic rings. The van der Waals surface area contributed by atoms with Crippen LogP contribution in [0.2, 0.25) is 5.02 Å². The number of benzene rings is 1. The Morgan fingerprint density at radius 3 is 2.79 bits per heavy atom. The van der Waals surface area contributed by atoms with Gasteiger partial charge in [-0.3, -0.25) is 20.1 Å². The highest BCUT2D eigenvalue weighted by Gasteiger charge is 2.22. The van der Waals surface area contributed by atoms with Crippen LogP contribution in [0.3, 0.4) is 0 Å². The lowest BCUT2D eigenvalue weighted by atomic mass is 9.97. The summed E-state index contributed by atoms with van der Waals surface area (Å²) in [5.74, 6) is -0.208. The molecule has 1 saturated heterocycles. The number of aliphatic hydroxyl groups is 1. The van der Waals surface area contributed by atoms with Gasteiger partial charge in [0.05, 0.1) is 6.20 Å². The Hall–Kier alpha value is -2.80. The predicted molar refractivity (Wildman–Crippen MR) is 123 cm³/mol. The summed E-state index contributed by atoms with van der Waals surface area (Å²) in [4.78, 5) is 23.1. The summed E-state index contributed by atoms with van der Waals surface area (Å²) in [5.41, 5.74) is 3.52. The number of hydrogen-bond donors (Lipinski definition) is 2. The van der Waals surface area contributed by atoms with Crippen LogP contribution in [0.1, 0.15) is 48.4 Å². The van der Waals surface area contributed by atoms with Crippen LogP contribution in [0.4, 0.5) is 10.2 Å². The quantitative estimate of drug-likeness (QED) is 0.566. The molecule has 1 aromatic carbocycles. The number of likely N-dealkylation sites (tertiary alicyclic amines) is 1. The topological polar surface area (TPSA) is 105 Å². The molecule has 0 radical (unpaired) electrons. The van der Waals surface area contributed by atoms with Gasteiger partial charge in [0.25, 0.3) is 5.91 Å². The molecular weight excluding hydrogens is 447 g/mol. The molecule has 33 heavy (non-hydrogen) atoms. The zero-order valence-corrected chi connectivity index (χ0v) is 19.5. The van der Waals surface area contributed by atoms with Crippen LogP contribution in [0.15, 0.2) is 24.4 Å². The van der Waals surface area contributed by atoms with Gasteiger partial charge >= 0.3 is 0 Å². The first-order valence-electron chi connectivity index (χ1n) is 10.9. The SMILES string of the molecule is CC(C)CN(NC(=O)c1ccc(F)c(CN2CCC(CO)CC2)c1)c1nc(C#N)ncc1Cl. The minimum Gasteiger partial charge on any atom is -0.396 e. The van der Waals surface area contributed by atoms with E-state index >= 15 is 0 Å². The highest BCUT2D eigenvalue weighted by molar-refractivity contribution is 6.32. The monoisotopic (exact) mass is 474 g/mol. The number of hydrazine groups is 1. The Morgan fingerprint density at radius 2 is 2.15 bits per heavy atom. The molecule has 0 aliphatic carbocycles. The highest BCUT2D eigenvalue weighted by atomic mass is 35.5. The molecule has 1 aromatic heterocycles. The van der Waals surface area contributed by atoms with E-state index in [4.69, 9.17) is 16.9 Å². The van der Waals surface area contributed by atoms with Crippen LogP contribution in [0.5, 0.6) is 0 Å². The third-order valence-electron chi connectivity index (χ3n) is 5.53.